The Bertz CT molecular complexity index is 1050. The largest absolute Gasteiger partial charge is 0.497 e. The molecule has 10 heteroatoms. The van der Waals surface area contributed by atoms with Gasteiger partial charge < -0.3 is 25.0 Å². The van der Waals surface area contributed by atoms with Crippen molar-refractivity contribution in [3.63, 3.8) is 0 Å². The fourth-order valence-electron chi connectivity index (χ4n) is 4.00. The van der Waals surface area contributed by atoms with E-state index in [4.69, 9.17) is 9.47 Å². The number of benzene rings is 2. The lowest BCUT2D eigenvalue weighted by Gasteiger charge is -2.35. The zero-order valence-electron chi connectivity index (χ0n) is 18.7. The first-order valence-electron chi connectivity index (χ1n) is 11.0. The maximum absolute atomic E-state index is 12.8. The van der Waals surface area contributed by atoms with E-state index in [1.165, 1.54) is 12.1 Å². The van der Waals surface area contributed by atoms with Crippen LogP contribution in [0.4, 0.5) is 11.4 Å². The number of nitrogens with zero attached hydrogens (tertiary/aromatic N) is 2. The van der Waals surface area contributed by atoms with Crippen LogP contribution in [-0.2, 0) is 19.4 Å². The Labute approximate surface area is 194 Å². The van der Waals surface area contributed by atoms with Gasteiger partial charge in [-0.15, -0.1) is 0 Å². The predicted octanol–water partition coefficient (Wildman–Crippen LogP) is 1.18. The van der Waals surface area contributed by atoms with Gasteiger partial charge in [-0.2, -0.15) is 0 Å². The monoisotopic (exact) mass is 474 g/mol. The number of anilines is 2. The van der Waals surface area contributed by atoms with Crippen molar-refractivity contribution >= 4 is 27.1 Å². The summed E-state index contributed by atoms with van der Waals surface area (Å²) in [6, 6.07) is 14.3. The highest BCUT2D eigenvalue weighted by molar-refractivity contribution is 7.92. The van der Waals surface area contributed by atoms with Crippen LogP contribution in [0.15, 0.2) is 53.4 Å². The Kier molecular flexibility index (Phi) is 7.49. The van der Waals surface area contributed by atoms with Crippen molar-refractivity contribution in [3.05, 3.63) is 48.5 Å². The van der Waals surface area contributed by atoms with Crippen molar-refractivity contribution in [2.75, 3.05) is 69.7 Å². The molecule has 0 bridgehead atoms. The zero-order valence-corrected chi connectivity index (χ0v) is 19.5. The topological polar surface area (TPSA) is 100 Å². The van der Waals surface area contributed by atoms with Crippen molar-refractivity contribution in [1.29, 1.82) is 0 Å². The summed E-state index contributed by atoms with van der Waals surface area (Å²) in [4.78, 5) is 17.1. The van der Waals surface area contributed by atoms with Crippen LogP contribution in [0.2, 0.25) is 0 Å². The second kappa shape index (κ2) is 10.5. The van der Waals surface area contributed by atoms with Gasteiger partial charge in [0.05, 0.1) is 25.2 Å². The highest BCUT2D eigenvalue weighted by atomic mass is 32.2. The van der Waals surface area contributed by atoms with Crippen molar-refractivity contribution in [3.8, 4) is 5.75 Å². The summed E-state index contributed by atoms with van der Waals surface area (Å²) in [5.74, 6) is 0.659. The summed E-state index contributed by atoms with van der Waals surface area (Å²) in [7, 11) is -1.99. The fourth-order valence-corrected chi connectivity index (χ4v) is 5.48. The minimum Gasteiger partial charge on any atom is -0.497 e. The molecule has 2 aliphatic heterocycles. The molecule has 0 aliphatic carbocycles. The van der Waals surface area contributed by atoms with E-state index in [0.717, 1.165) is 37.6 Å². The van der Waals surface area contributed by atoms with Crippen molar-refractivity contribution in [1.82, 2.24) is 10.2 Å². The SMILES string of the molecule is COc1ccc(N2CCN(CC(=O)Nc3cccc(S(=O)(=O)C4CNCCO4)c3)CC2)cc1. The first-order valence-corrected chi connectivity index (χ1v) is 12.6. The van der Waals surface area contributed by atoms with Crippen LogP contribution >= 0.6 is 0 Å². The molecule has 9 nitrogen and oxygen atoms in total. The first-order chi connectivity index (χ1) is 16.0. The number of methoxy groups -OCH3 is 1. The van der Waals surface area contributed by atoms with Crippen LogP contribution < -0.4 is 20.3 Å². The highest BCUT2D eigenvalue weighted by Crippen LogP contribution is 2.22. The lowest BCUT2D eigenvalue weighted by molar-refractivity contribution is -0.117. The van der Waals surface area contributed by atoms with Crippen LogP contribution in [0, 0.1) is 0 Å². The van der Waals surface area contributed by atoms with Gasteiger partial charge >= 0.3 is 0 Å². The standard InChI is InChI=1S/C23H30N4O5S/c1-31-20-7-5-19(6-8-20)27-12-10-26(11-13-27)17-22(28)25-18-3-2-4-21(15-18)33(29,30)23-16-24-9-14-32-23/h2-8,15,23-24H,9-14,16-17H2,1H3,(H,25,28). The molecule has 2 N–H and O–H groups in total. The number of rotatable bonds is 7. The van der Waals surface area contributed by atoms with E-state index in [1.807, 2.05) is 24.3 Å². The molecule has 2 aliphatic rings. The van der Waals surface area contributed by atoms with Gasteiger partial charge in [0.15, 0.2) is 5.44 Å². The molecular weight excluding hydrogens is 444 g/mol. The average Bonchev–Trinajstić information content (AvgIpc) is 2.85. The van der Waals surface area contributed by atoms with Crippen LogP contribution in [0.3, 0.4) is 0 Å². The van der Waals surface area contributed by atoms with Gasteiger partial charge in [-0.05, 0) is 42.5 Å². The highest BCUT2D eigenvalue weighted by Gasteiger charge is 2.30. The Morgan fingerprint density at radius 1 is 1.15 bits per heavy atom. The molecule has 33 heavy (non-hydrogen) atoms. The molecule has 2 aromatic rings. The smallest absolute Gasteiger partial charge is 0.238 e. The van der Waals surface area contributed by atoms with Gasteiger partial charge in [0.1, 0.15) is 5.75 Å². The molecule has 2 aromatic carbocycles. The molecule has 0 spiro atoms. The molecule has 1 amide bonds. The molecule has 2 fully saturated rings. The van der Waals surface area contributed by atoms with Gasteiger partial charge in [0, 0.05) is 50.6 Å². The fraction of sp³-hybridized carbons (Fsp3) is 0.435. The second-order valence-electron chi connectivity index (χ2n) is 8.09. The van der Waals surface area contributed by atoms with Gasteiger partial charge in [0.2, 0.25) is 15.7 Å². The van der Waals surface area contributed by atoms with E-state index in [-0.39, 0.29) is 23.9 Å². The lowest BCUT2D eigenvalue weighted by atomic mass is 10.2. The molecule has 2 saturated heterocycles. The van der Waals surface area contributed by atoms with Gasteiger partial charge in [-0.1, -0.05) is 6.07 Å². The second-order valence-corrected chi connectivity index (χ2v) is 10.2. The number of hydrogen-bond donors (Lipinski definition) is 2. The number of morpholine rings is 1. The van der Waals surface area contributed by atoms with E-state index in [9.17, 15) is 13.2 Å². The number of amides is 1. The van der Waals surface area contributed by atoms with Crippen molar-refractivity contribution in [2.24, 2.45) is 0 Å². The molecule has 178 valence electrons. The summed E-state index contributed by atoms with van der Waals surface area (Å²) >= 11 is 0. The molecule has 0 saturated carbocycles. The Morgan fingerprint density at radius 2 is 1.91 bits per heavy atom. The number of hydrogen-bond acceptors (Lipinski definition) is 8. The summed E-state index contributed by atoms with van der Waals surface area (Å²) in [5, 5.41) is 5.86. The maximum Gasteiger partial charge on any atom is 0.238 e. The zero-order chi connectivity index (χ0) is 23.3. The van der Waals surface area contributed by atoms with Crippen molar-refractivity contribution < 1.29 is 22.7 Å². The van der Waals surface area contributed by atoms with E-state index in [0.29, 0.717) is 18.8 Å². The average molecular weight is 475 g/mol. The molecule has 0 radical (unpaired) electrons. The minimum absolute atomic E-state index is 0.141. The van der Waals surface area contributed by atoms with Crippen molar-refractivity contribution in [2.45, 2.75) is 10.3 Å². The van der Waals surface area contributed by atoms with Crippen LogP contribution in [0.1, 0.15) is 0 Å². The Balaban J connectivity index is 1.30. The summed E-state index contributed by atoms with van der Waals surface area (Å²) in [5.41, 5.74) is 0.677. The predicted molar refractivity (Wildman–Crippen MR) is 127 cm³/mol. The number of ether oxygens (including phenoxy) is 2. The van der Waals surface area contributed by atoms with E-state index < -0.39 is 15.3 Å². The first kappa shape index (κ1) is 23.5. The quantitative estimate of drug-likeness (QED) is 0.617. The van der Waals surface area contributed by atoms with Gasteiger partial charge in [-0.3, -0.25) is 9.69 Å². The normalized spacial score (nSPS) is 19.8. The third kappa shape index (κ3) is 5.83. The minimum atomic E-state index is -3.64. The number of carbonyl (C=O) groups excluding carboxylic acids is 1. The summed E-state index contributed by atoms with van der Waals surface area (Å²) in [6.07, 6.45) is 0. The van der Waals surface area contributed by atoms with E-state index >= 15 is 0 Å². The molecule has 4 rings (SSSR count). The number of sulfone groups is 1. The number of carbonyl (C=O) groups is 1. The Morgan fingerprint density at radius 3 is 2.58 bits per heavy atom. The summed E-state index contributed by atoms with van der Waals surface area (Å²) in [6.45, 7) is 4.67. The number of piperazine rings is 1. The molecular formula is C23H30N4O5S. The summed E-state index contributed by atoms with van der Waals surface area (Å²) < 4.78 is 36.3. The van der Waals surface area contributed by atoms with Crippen LogP contribution in [0.25, 0.3) is 0 Å². The van der Waals surface area contributed by atoms with Gasteiger partial charge in [-0.25, -0.2) is 8.42 Å². The molecule has 1 unspecified atom stereocenters. The van der Waals surface area contributed by atoms with Gasteiger partial charge in [0.25, 0.3) is 0 Å². The van der Waals surface area contributed by atoms with Crippen LogP contribution in [0.5, 0.6) is 5.75 Å². The lowest BCUT2D eigenvalue weighted by Crippen LogP contribution is -2.48. The molecule has 1 atom stereocenters. The third-order valence-electron chi connectivity index (χ3n) is 5.86. The third-order valence-corrected chi connectivity index (χ3v) is 7.77. The van der Waals surface area contributed by atoms with E-state index in [1.54, 1.807) is 19.2 Å². The number of nitrogens with one attached hydrogen (secondary N) is 2. The van der Waals surface area contributed by atoms with E-state index in [2.05, 4.69) is 20.4 Å². The Hall–Kier alpha value is -2.66. The molecule has 2 heterocycles. The molecule has 0 aromatic heterocycles. The van der Waals surface area contributed by atoms with Crippen LogP contribution in [-0.4, -0.2) is 84.2 Å². The maximum atomic E-state index is 12.8.